The second kappa shape index (κ2) is 7.79. The van der Waals surface area contributed by atoms with E-state index < -0.39 is 0 Å². The number of nitrogens with zero attached hydrogens (tertiary/aromatic N) is 4. The molecule has 2 amide bonds. The minimum atomic E-state index is -0.0539. The fourth-order valence-electron chi connectivity index (χ4n) is 2.86. The number of aromatic nitrogens is 2. The van der Waals surface area contributed by atoms with Crippen LogP contribution in [-0.4, -0.2) is 71.0 Å². The lowest BCUT2D eigenvalue weighted by Gasteiger charge is -2.43. The number of amides is 2. The maximum Gasteiger partial charge on any atom is 0.317 e. The lowest BCUT2D eigenvalue weighted by molar-refractivity contribution is -0.0167. The molecule has 2 heterocycles. The van der Waals surface area contributed by atoms with Gasteiger partial charge in [-0.2, -0.15) is 5.10 Å². The van der Waals surface area contributed by atoms with E-state index in [1.165, 1.54) is 0 Å². The summed E-state index contributed by atoms with van der Waals surface area (Å²) in [5.41, 5.74) is 0.991. The fraction of sp³-hybridized carbons (Fsp3) is 0.750. The predicted molar refractivity (Wildman–Crippen MR) is 89.2 cm³/mol. The first-order valence-corrected chi connectivity index (χ1v) is 8.24. The van der Waals surface area contributed by atoms with Crippen LogP contribution in [0.25, 0.3) is 0 Å². The number of morpholine rings is 1. The first kappa shape index (κ1) is 17.7. The maximum atomic E-state index is 12.3. The highest BCUT2D eigenvalue weighted by atomic mass is 16.5. The van der Waals surface area contributed by atoms with Crippen molar-refractivity contribution in [2.24, 2.45) is 7.05 Å². The zero-order valence-electron chi connectivity index (χ0n) is 14.7. The summed E-state index contributed by atoms with van der Waals surface area (Å²) in [5, 5.41) is 7.20. The van der Waals surface area contributed by atoms with Crippen LogP contribution in [0.3, 0.4) is 0 Å². The third-order valence-electron chi connectivity index (χ3n) is 4.68. The van der Waals surface area contributed by atoms with Crippen molar-refractivity contribution in [3.05, 3.63) is 18.0 Å². The van der Waals surface area contributed by atoms with E-state index >= 15 is 0 Å². The average molecular weight is 323 g/mol. The van der Waals surface area contributed by atoms with Crippen LogP contribution in [0, 0.1) is 0 Å². The summed E-state index contributed by atoms with van der Waals surface area (Å²) in [6, 6.07) is -0.0539. The van der Waals surface area contributed by atoms with Crippen LogP contribution < -0.4 is 5.32 Å². The SMILES string of the molecule is CC[C@](C)(CNC(=O)N(C)Cc1cnn(C)c1)N1CCOCC1. The van der Waals surface area contributed by atoms with Gasteiger partial charge in [-0.15, -0.1) is 0 Å². The normalized spacial score (nSPS) is 18.4. The first-order valence-electron chi connectivity index (χ1n) is 8.24. The molecule has 1 aromatic rings. The first-order chi connectivity index (χ1) is 10.9. The van der Waals surface area contributed by atoms with E-state index in [-0.39, 0.29) is 11.6 Å². The fourth-order valence-corrected chi connectivity index (χ4v) is 2.86. The van der Waals surface area contributed by atoms with Crippen molar-refractivity contribution in [3.8, 4) is 0 Å². The number of ether oxygens (including phenoxy) is 1. The third-order valence-corrected chi connectivity index (χ3v) is 4.68. The molecule has 1 aliphatic rings. The van der Waals surface area contributed by atoms with Gasteiger partial charge in [0.25, 0.3) is 0 Å². The van der Waals surface area contributed by atoms with Crippen LogP contribution in [0.5, 0.6) is 0 Å². The van der Waals surface area contributed by atoms with Gasteiger partial charge in [0.2, 0.25) is 0 Å². The Morgan fingerprint density at radius 1 is 1.48 bits per heavy atom. The Bertz CT molecular complexity index is 512. The Morgan fingerprint density at radius 3 is 2.74 bits per heavy atom. The minimum Gasteiger partial charge on any atom is -0.379 e. The molecule has 0 aliphatic carbocycles. The largest absolute Gasteiger partial charge is 0.379 e. The van der Waals surface area contributed by atoms with Gasteiger partial charge in [-0.3, -0.25) is 9.58 Å². The molecule has 1 aromatic heterocycles. The molecule has 130 valence electrons. The molecular weight excluding hydrogens is 294 g/mol. The van der Waals surface area contributed by atoms with E-state index in [0.717, 1.165) is 38.3 Å². The molecule has 0 saturated carbocycles. The van der Waals surface area contributed by atoms with Gasteiger partial charge < -0.3 is 15.0 Å². The number of rotatable bonds is 6. The van der Waals surface area contributed by atoms with Crippen molar-refractivity contribution in [2.45, 2.75) is 32.4 Å². The monoisotopic (exact) mass is 323 g/mol. The van der Waals surface area contributed by atoms with Gasteiger partial charge in [0.1, 0.15) is 0 Å². The molecule has 23 heavy (non-hydrogen) atoms. The summed E-state index contributed by atoms with van der Waals surface area (Å²) in [7, 11) is 3.68. The smallest absolute Gasteiger partial charge is 0.317 e. The van der Waals surface area contributed by atoms with Crippen LogP contribution in [0.4, 0.5) is 4.79 Å². The van der Waals surface area contributed by atoms with Crippen LogP contribution in [-0.2, 0) is 18.3 Å². The summed E-state index contributed by atoms with van der Waals surface area (Å²) in [6.45, 7) is 8.95. The summed E-state index contributed by atoms with van der Waals surface area (Å²) < 4.78 is 7.17. The standard InChI is InChI=1S/C16H29N5O2/c1-5-16(2,21-6-8-23-9-7-21)13-17-15(22)19(3)11-14-10-18-20(4)12-14/h10,12H,5-9,11,13H2,1-4H3,(H,17,22)/t16-/m1/s1. The number of urea groups is 1. The second-order valence-corrected chi connectivity index (χ2v) is 6.49. The van der Waals surface area contributed by atoms with Gasteiger partial charge in [-0.05, 0) is 13.3 Å². The lowest BCUT2D eigenvalue weighted by atomic mass is 9.95. The Labute approximate surface area is 138 Å². The summed E-state index contributed by atoms with van der Waals surface area (Å²) in [5.74, 6) is 0. The molecule has 1 aliphatic heterocycles. The van der Waals surface area contributed by atoms with Gasteiger partial charge in [-0.25, -0.2) is 4.79 Å². The number of hydrogen-bond donors (Lipinski definition) is 1. The molecule has 1 saturated heterocycles. The molecule has 1 atom stereocenters. The predicted octanol–water partition coefficient (Wildman–Crippen LogP) is 1.06. The van der Waals surface area contributed by atoms with E-state index in [9.17, 15) is 4.79 Å². The summed E-state index contributed by atoms with van der Waals surface area (Å²) >= 11 is 0. The van der Waals surface area contributed by atoms with Crippen molar-refractivity contribution in [1.29, 1.82) is 0 Å². The van der Waals surface area contributed by atoms with Gasteiger partial charge in [0.15, 0.2) is 0 Å². The van der Waals surface area contributed by atoms with Crippen LogP contribution in [0.1, 0.15) is 25.8 Å². The molecule has 0 spiro atoms. The topological polar surface area (TPSA) is 62.6 Å². The zero-order chi connectivity index (χ0) is 16.9. The van der Waals surface area contributed by atoms with Crippen molar-refractivity contribution in [3.63, 3.8) is 0 Å². The van der Waals surface area contributed by atoms with Gasteiger partial charge in [0, 0.05) is 51.0 Å². The van der Waals surface area contributed by atoms with Crippen molar-refractivity contribution >= 4 is 6.03 Å². The van der Waals surface area contributed by atoms with Gasteiger partial charge in [0.05, 0.1) is 26.0 Å². The quantitative estimate of drug-likeness (QED) is 0.850. The highest BCUT2D eigenvalue weighted by Crippen LogP contribution is 2.20. The Kier molecular flexibility index (Phi) is 6.01. The molecule has 1 fully saturated rings. The molecule has 1 N–H and O–H groups in total. The number of nitrogens with one attached hydrogen (secondary N) is 1. The second-order valence-electron chi connectivity index (χ2n) is 6.49. The van der Waals surface area contributed by atoms with E-state index in [0.29, 0.717) is 13.1 Å². The Morgan fingerprint density at radius 2 is 2.17 bits per heavy atom. The van der Waals surface area contributed by atoms with E-state index in [1.54, 1.807) is 22.8 Å². The zero-order valence-corrected chi connectivity index (χ0v) is 14.7. The molecule has 0 aromatic carbocycles. The third kappa shape index (κ3) is 4.68. The molecule has 2 rings (SSSR count). The highest BCUT2D eigenvalue weighted by molar-refractivity contribution is 5.73. The number of hydrogen-bond acceptors (Lipinski definition) is 4. The Balaban J connectivity index is 1.85. The van der Waals surface area contributed by atoms with Crippen LogP contribution in [0.2, 0.25) is 0 Å². The van der Waals surface area contributed by atoms with Crippen molar-refractivity contribution in [1.82, 2.24) is 24.9 Å². The average Bonchev–Trinajstić information content (AvgIpc) is 2.98. The molecule has 0 bridgehead atoms. The van der Waals surface area contributed by atoms with E-state index in [2.05, 4.69) is 29.2 Å². The lowest BCUT2D eigenvalue weighted by Crippen LogP contribution is -2.57. The Hall–Kier alpha value is -1.60. The molecule has 0 unspecified atom stereocenters. The number of aryl methyl sites for hydroxylation is 1. The van der Waals surface area contributed by atoms with Crippen molar-refractivity contribution in [2.75, 3.05) is 39.9 Å². The summed E-state index contributed by atoms with van der Waals surface area (Å²) in [6.07, 6.45) is 4.70. The molecule has 7 nitrogen and oxygen atoms in total. The van der Waals surface area contributed by atoms with E-state index in [4.69, 9.17) is 4.74 Å². The van der Waals surface area contributed by atoms with Gasteiger partial charge >= 0.3 is 6.03 Å². The van der Waals surface area contributed by atoms with Gasteiger partial charge in [-0.1, -0.05) is 6.92 Å². The number of carbonyl (C=O) groups is 1. The van der Waals surface area contributed by atoms with Crippen molar-refractivity contribution < 1.29 is 9.53 Å². The highest BCUT2D eigenvalue weighted by Gasteiger charge is 2.31. The van der Waals surface area contributed by atoms with E-state index in [1.807, 2.05) is 13.2 Å². The maximum absolute atomic E-state index is 12.3. The van der Waals surface area contributed by atoms with Crippen LogP contribution in [0.15, 0.2) is 12.4 Å². The minimum absolute atomic E-state index is 0.0332. The molecule has 0 radical (unpaired) electrons. The summed E-state index contributed by atoms with van der Waals surface area (Å²) in [4.78, 5) is 16.4. The number of carbonyl (C=O) groups excluding carboxylic acids is 1. The molecular formula is C16H29N5O2. The molecule has 7 heteroatoms. The van der Waals surface area contributed by atoms with Crippen LogP contribution >= 0.6 is 0 Å².